The molecule has 3 aromatic rings. The molecule has 4 heteroatoms. The minimum atomic E-state index is -0.984. The van der Waals surface area contributed by atoms with Crippen molar-refractivity contribution in [2.24, 2.45) is 11.3 Å². The molecule has 156 valence electrons. The zero-order valence-electron chi connectivity index (χ0n) is 17.9. The number of hydrogen-bond acceptors (Lipinski definition) is 4. The molecule has 0 amide bonds. The van der Waals surface area contributed by atoms with Gasteiger partial charge < -0.3 is 9.47 Å². The number of aryl methyl sites for hydroxylation is 1. The van der Waals surface area contributed by atoms with Gasteiger partial charge in [0.15, 0.2) is 0 Å². The van der Waals surface area contributed by atoms with Crippen LogP contribution in [-0.2, 0) is 9.53 Å². The summed E-state index contributed by atoms with van der Waals surface area (Å²) in [5, 5.41) is 9.69. The topological polar surface area (TPSA) is 59.3 Å². The molecule has 3 atom stereocenters. The lowest BCUT2D eigenvalue weighted by molar-refractivity contribution is -0.149. The first-order valence-corrected chi connectivity index (χ1v) is 10.4. The standard InChI is InChI=1S/C27H25NO3/c1-18-12-14-19(15-13-18)24-25(27(24,2)3)26(29)31-23(17-28)20-8-7-11-22(16-20)30-21-9-5-4-6-10-21/h4-16,23-25H,1-3H3. The summed E-state index contributed by atoms with van der Waals surface area (Å²) in [5.74, 6) is 0.772. The number of nitriles is 1. The lowest BCUT2D eigenvalue weighted by Crippen LogP contribution is -2.14. The van der Waals surface area contributed by atoms with Crippen molar-refractivity contribution in [1.29, 1.82) is 5.26 Å². The molecule has 0 heterocycles. The molecule has 31 heavy (non-hydrogen) atoms. The van der Waals surface area contributed by atoms with E-state index in [4.69, 9.17) is 9.47 Å². The highest BCUT2D eigenvalue weighted by Crippen LogP contribution is 2.65. The van der Waals surface area contributed by atoms with Crippen molar-refractivity contribution in [2.75, 3.05) is 0 Å². The second kappa shape index (κ2) is 8.28. The number of carbonyl (C=O) groups is 1. The SMILES string of the molecule is Cc1ccc(C2C(C(=O)OC(C#N)c3cccc(Oc4ccccc4)c3)C2(C)C)cc1. The van der Waals surface area contributed by atoms with Crippen LogP contribution in [0.2, 0.25) is 0 Å². The third-order valence-corrected chi connectivity index (χ3v) is 6.01. The van der Waals surface area contributed by atoms with E-state index in [1.165, 1.54) is 5.56 Å². The Labute approximate surface area is 183 Å². The summed E-state index contributed by atoms with van der Waals surface area (Å²) in [6.45, 7) is 6.18. The highest BCUT2D eigenvalue weighted by atomic mass is 16.5. The van der Waals surface area contributed by atoms with Crippen molar-refractivity contribution in [3.05, 3.63) is 95.6 Å². The zero-order valence-corrected chi connectivity index (χ0v) is 17.9. The van der Waals surface area contributed by atoms with Crippen LogP contribution < -0.4 is 4.74 Å². The molecule has 0 N–H and O–H groups in total. The molecule has 4 rings (SSSR count). The van der Waals surface area contributed by atoms with E-state index in [-0.39, 0.29) is 23.2 Å². The zero-order chi connectivity index (χ0) is 22.0. The molecule has 3 unspecified atom stereocenters. The van der Waals surface area contributed by atoms with Crippen molar-refractivity contribution in [3.63, 3.8) is 0 Å². The van der Waals surface area contributed by atoms with Crippen LogP contribution in [0, 0.1) is 29.6 Å². The fraction of sp³-hybridized carbons (Fsp3) is 0.259. The molecule has 0 radical (unpaired) electrons. The number of benzene rings is 3. The third kappa shape index (κ3) is 4.32. The Morgan fingerprint density at radius 2 is 1.65 bits per heavy atom. The van der Waals surface area contributed by atoms with Gasteiger partial charge in [-0.05, 0) is 42.2 Å². The van der Waals surface area contributed by atoms with E-state index in [1.54, 1.807) is 18.2 Å². The van der Waals surface area contributed by atoms with Crippen LogP contribution >= 0.6 is 0 Å². The first-order valence-electron chi connectivity index (χ1n) is 10.4. The number of carbonyl (C=O) groups excluding carboxylic acids is 1. The van der Waals surface area contributed by atoms with Crippen molar-refractivity contribution < 1.29 is 14.3 Å². The van der Waals surface area contributed by atoms with Crippen molar-refractivity contribution >= 4 is 5.97 Å². The second-order valence-electron chi connectivity index (χ2n) is 8.62. The van der Waals surface area contributed by atoms with Crippen LogP contribution in [0.3, 0.4) is 0 Å². The normalized spacial score (nSPS) is 19.7. The molecular weight excluding hydrogens is 386 g/mol. The number of hydrogen-bond donors (Lipinski definition) is 0. The van der Waals surface area contributed by atoms with Gasteiger partial charge in [0.25, 0.3) is 0 Å². The van der Waals surface area contributed by atoms with Crippen LogP contribution in [0.1, 0.15) is 42.6 Å². The maximum atomic E-state index is 13.0. The molecule has 0 aliphatic heterocycles. The van der Waals surface area contributed by atoms with Gasteiger partial charge in [-0.3, -0.25) is 4.79 Å². The summed E-state index contributed by atoms with van der Waals surface area (Å²) in [4.78, 5) is 13.0. The summed E-state index contributed by atoms with van der Waals surface area (Å²) >= 11 is 0. The van der Waals surface area contributed by atoms with Gasteiger partial charge in [-0.2, -0.15) is 5.26 Å². The Hall–Kier alpha value is -3.58. The van der Waals surface area contributed by atoms with Gasteiger partial charge in [0.05, 0.1) is 5.92 Å². The fourth-order valence-corrected chi connectivity index (χ4v) is 4.20. The number of esters is 1. The van der Waals surface area contributed by atoms with E-state index in [0.717, 1.165) is 5.56 Å². The van der Waals surface area contributed by atoms with Gasteiger partial charge in [0, 0.05) is 11.5 Å². The summed E-state index contributed by atoms with van der Waals surface area (Å²) < 4.78 is 11.5. The molecule has 4 nitrogen and oxygen atoms in total. The smallest absolute Gasteiger partial charge is 0.311 e. The van der Waals surface area contributed by atoms with E-state index < -0.39 is 6.10 Å². The van der Waals surface area contributed by atoms with Crippen molar-refractivity contribution in [3.8, 4) is 17.6 Å². The van der Waals surface area contributed by atoms with E-state index in [0.29, 0.717) is 17.1 Å². The Morgan fingerprint density at radius 1 is 0.968 bits per heavy atom. The Kier molecular flexibility index (Phi) is 5.52. The molecule has 1 fully saturated rings. The summed E-state index contributed by atoms with van der Waals surface area (Å²) in [7, 11) is 0. The van der Waals surface area contributed by atoms with Gasteiger partial charge in [-0.1, -0.05) is 74.0 Å². The average Bonchev–Trinajstić information content (AvgIpc) is 3.35. The lowest BCUT2D eigenvalue weighted by Gasteiger charge is -2.13. The summed E-state index contributed by atoms with van der Waals surface area (Å²) in [5.41, 5.74) is 2.70. The minimum Gasteiger partial charge on any atom is -0.457 e. The van der Waals surface area contributed by atoms with Gasteiger partial charge in [0.1, 0.15) is 17.6 Å². The van der Waals surface area contributed by atoms with E-state index >= 15 is 0 Å². The Bertz CT molecular complexity index is 1110. The van der Waals surface area contributed by atoms with Crippen LogP contribution in [0.25, 0.3) is 0 Å². The largest absolute Gasteiger partial charge is 0.457 e. The predicted molar refractivity (Wildman–Crippen MR) is 119 cm³/mol. The van der Waals surface area contributed by atoms with Gasteiger partial charge in [0.2, 0.25) is 6.10 Å². The molecule has 1 aliphatic carbocycles. The predicted octanol–water partition coefficient (Wildman–Crippen LogP) is 6.34. The molecular formula is C27H25NO3. The monoisotopic (exact) mass is 411 g/mol. The maximum absolute atomic E-state index is 13.0. The van der Waals surface area contributed by atoms with E-state index in [2.05, 4.69) is 44.2 Å². The second-order valence-corrected chi connectivity index (χ2v) is 8.62. The lowest BCUT2D eigenvalue weighted by atomic mass is 10.0. The molecule has 1 saturated carbocycles. The Morgan fingerprint density at radius 3 is 2.32 bits per heavy atom. The molecule has 1 aliphatic rings. The summed E-state index contributed by atoms with van der Waals surface area (Å²) in [6, 6.07) is 26.9. The van der Waals surface area contributed by atoms with E-state index in [9.17, 15) is 10.1 Å². The van der Waals surface area contributed by atoms with Crippen molar-refractivity contribution in [2.45, 2.75) is 32.8 Å². The number of nitrogens with zero attached hydrogens (tertiary/aromatic N) is 1. The van der Waals surface area contributed by atoms with Crippen molar-refractivity contribution in [1.82, 2.24) is 0 Å². The summed E-state index contributed by atoms with van der Waals surface area (Å²) in [6.07, 6.45) is -0.984. The number of ether oxygens (including phenoxy) is 2. The maximum Gasteiger partial charge on any atom is 0.311 e. The van der Waals surface area contributed by atoms with Crippen LogP contribution in [0.4, 0.5) is 0 Å². The Balaban J connectivity index is 1.48. The first-order chi connectivity index (χ1) is 14.9. The van der Waals surface area contributed by atoms with Crippen LogP contribution in [-0.4, -0.2) is 5.97 Å². The minimum absolute atomic E-state index is 0.0905. The van der Waals surface area contributed by atoms with Gasteiger partial charge in [-0.15, -0.1) is 0 Å². The highest BCUT2D eigenvalue weighted by molar-refractivity contribution is 5.80. The number of para-hydroxylation sites is 1. The molecule has 3 aromatic carbocycles. The molecule has 0 spiro atoms. The van der Waals surface area contributed by atoms with Crippen LogP contribution in [0.5, 0.6) is 11.5 Å². The van der Waals surface area contributed by atoms with Gasteiger partial charge in [-0.25, -0.2) is 0 Å². The number of rotatable bonds is 6. The average molecular weight is 412 g/mol. The molecule has 0 bridgehead atoms. The van der Waals surface area contributed by atoms with Crippen LogP contribution in [0.15, 0.2) is 78.9 Å². The first kappa shape index (κ1) is 20.7. The fourth-order valence-electron chi connectivity index (χ4n) is 4.20. The van der Waals surface area contributed by atoms with Gasteiger partial charge >= 0.3 is 5.97 Å². The third-order valence-electron chi connectivity index (χ3n) is 6.01. The molecule has 0 saturated heterocycles. The quantitative estimate of drug-likeness (QED) is 0.444. The highest BCUT2D eigenvalue weighted by Gasteiger charge is 2.63. The van der Waals surface area contributed by atoms with E-state index in [1.807, 2.05) is 43.3 Å². The molecule has 0 aromatic heterocycles.